The van der Waals surface area contributed by atoms with Crippen LogP contribution in [0.15, 0.2) is 35.1 Å². The highest BCUT2D eigenvalue weighted by Crippen LogP contribution is 2.29. The molecule has 35 heavy (non-hydrogen) atoms. The largest absolute Gasteiger partial charge is 0.415 e. The molecule has 0 saturated carbocycles. The van der Waals surface area contributed by atoms with Crippen molar-refractivity contribution in [2.75, 3.05) is 19.7 Å². The number of morpholine rings is 1. The van der Waals surface area contributed by atoms with Gasteiger partial charge in [0, 0.05) is 38.8 Å². The number of benzene rings is 1. The van der Waals surface area contributed by atoms with Gasteiger partial charge in [-0.15, -0.1) is 0 Å². The van der Waals surface area contributed by atoms with E-state index < -0.39 is 12.3 Å². The van der Waals surface area contributed by atoms with Crippen LogP contribution in [0.5, 0.6) is 0 Å². The fourth-order valence-corrected chi connectivity index (χ4v) is 4.35. The second-order valence-electron chi connectivity index (χ2n) is 10.2. The fourth-order valence-electron chi connectivity index (χ4n) is 4.35. The monoisotopic (exact) mass is 487 g/mol. The van der Waals surface area contributed by atoms with Crippen LogP contribution in [0.1, 0.15) is 31.9 Å². The smallest absolute Gasteiger partial charge is 0.366 e. The minimum absolute atomic E-state index is 0.00508. The molecule has 1 saturated heterocycles. The first-order chi connectivity index (χ1) is 16.4. The number of halogens is 3. The molecule has 2 aromatic heterocycles. The van der Waals surface area contributed by atoms with E-state index >= 15 is 0 Å². The summed E-state index contributed by atoms with van der Waals surface area (Å²) in [7, 11) is 1.66. The number of hydrogen-bond acceptors (Lipinski definition) is 5. The maximum absolute atomic E-state index is 13.1. The van der Waals surface area contributed by atoms with Gasteiger partial charge in [-0.05, 0) is 35.2 Å². The van der Waals surface area contributed by atoms with Crippen molar-refractivity contribution >= 4 is 11.2 Å². The third kappa shape index (κ3) is 5.26. The Balaban J connectivity index is 1.69. The summed E-state index contributed by atoms with van der Waals surface area (Å²) in [5, 5.41) is 9.67. The lowest BCUT2D eigenvalue weighted by atomic mass is 9.97. The number of rotatable bonds is 4. The Morgan fingerprint density at radius 1 is 1.20 bits per heavy atom. The highest BCUT2D eigenvalue weighted by Gasteiger charge is 2.43. The first-order valence-corrected chi connectivity index (χ1v) is 11.4. The predicted molar refractivity (Wildman–Crippen MR) is 126 cm³/mol. The molecule has 3 aromatic rings. The number of nitriles is 1. The molecule has 1 unspecified atom stereocenters. The van der Waals surface area contributed by atoms with Gasteiger partial charge in [-0.25, -0.2) is 9.78 Å². The molecule has 0 N–H and O–H groups in total. The van der Waals surface area contributed by atoms with E-state index in [0.717, 1.165) is 5.56 Å². The van der Waals surface area contributed by atoms with Gasteiger partial charge in [-0.2, -0.15) is 18.4 Å². The summed E-state index contributed by atoms with van der Waals surface area (Å²) in [5.41, 5.74) is 3.20. The van der Waals surface area contributed by atoms with Crippen LogP contribution < -0.4 is 5.69 Å². The molecule has 1 aliphatic rings. The summed E-state index contributed by atoms with van der Waals surface area (Å²) >= 11 is 0. The van der Waals surface area contributed by atoms with Crippen LogP contribution in [0, 0.1) is 16.7 Å². The molecule has 7 nitrogen and oxygen atoms in total. The molecule has 1 aliphatic heterocycles. The first kappa shape index (κ1) is 24.9. The lowest BCUT2D eigenvalue weighted by molar-refractivity contribution is -0.237. The topological polar surface area (TPSA) is 76.1 Å². The second kappa shape index (κ2) is 9.13. The molecule has 1 aromatic carbocycles. The first-order valence-electron chi connectivity index (χ1n) is 11.4. The summed E-state index contributed by atoms with van der Waals surface area (Å²) in [4.78, 5) is 19.2. The summed E-state index contributed by atoms with van der Waals surface area (Å²) in [6, 6.07) is 11.0. The molecule has 1 fully saturated rings. The maximum atomic E-state index is 13.1. The molecule has 3 heterocycles. The highest BCUT2D eigenvalue weighted by atomic mass is 19.4. The average molecular weight is 488 g/mol. The predicted octanol–water partition coefficient (Wildman–Crippen LogP) is 4.08. The van der Waals surface area contributed by atoms with Gasteiger partial charge in [-0.1, -0.05) is 26.8 Å². The Bertz CT molecular complexity index is 1340. The molecular weight excluding hydrogens is 459 g/mol. The van der Waals surface area contributed by atoms with Gasteiger partial charge in [0.15, 0.2) is 11.8 Å². The molecule has 4 rings (SSSR count). The van der Waals surface area contributed by atoms with E-state index in [1.54, 1.807) is 40.8 Å². The number of aromatic nitrogens is 3. The van der Waals surface area contributed by atoms with Crippen LogP contribution in [0.4, 0.5) is 13.2 Å². The Kier molecular flexibility index (Phi) is 6.51. The van der Waals surface area contributed by atoms with Gasteiger partial charge in [0.1, 0.15) is 0 Å². The van der Waals surface area contributed by atoms with Gasteiger partial charge >= 0.3 is 11.9 Å². The lowest BCUT2D eigenvalue weighted by Gasteiger charge is -2.33. The van der Waals surface area contributed by atoms with Crippen molar-refractivity contribution in [2.45, 2.75) is 46.1 Å². The van der Waals surface area contributed by atoms with E-state index in [-0.39, 0.29) is 30.8 Å². The van der Waals surface area contributed by atoms with Crippen LogP contribution in [0.2, 0.25) is 0 Å². The SMILES string of the molecule is Cn1c(=O)n(CC(C)(C)C)c2ccc(-c3cc(CN4CCOC(C(F)(F)F)C4)ccc3C#N)nc21. The number of imidazole rings is 1. The van der Waals surface area contributed by atoms with Gasteiger partial charge < -0.3 is 4.74 Å². The zero-order valence-electron chi connectivity index (χ0n) is 20.2. The zero-order valence-corrected chi connectivity index (χ0v) is 20.2. The minimum atomic E-state index is -4.41. The van der Waals surface area contributed by atoms with Gasteiger partial charge in [0.05, 0.1) is 29.5 Å². The number of aryl methyl sites for hydroxylation is 1. The summed E-state index contributed by atoms with van der Waals surface area (Å²) in [6.45, 7) is 7.12. The van der Waals surface area contributed by atoms with Gasteiger partial charge in [-0.3, -0.25) is 14.0 Å². The van der Waals surface area contributed by atoms with Crippen LogP contribution in [-0.4, -0.2) is 51.0 Å². The lowest BCUT2D eigenvalue weighted by Crippen LogP contribution is -2.48. The second-order valence-corrected chi connectivity index (χ2v) is 10.2. The third-order valence-electron chi connectivity index (χ3n) is 6.02. The number of ether oxygens (including phenoxy) is 1. The number of alkyl halides is 3. The van der Waals surface area contributed by atoms with E-state index in [1.807, 2.05) is 6.07 Å². The number of nitrogens with zero attached hydrogens (tertiary/aromatic N) is 5. The van der Waals surface area contributed by atoms with Crippen molar-refractivity contribution in [2.24, 2.45) is 12.5 Å². The van der Waals surface area contributed by atoms with Crippen LogP contribution in [0.25, 0.3) is 22.4 Å². The Hall–Kier alpha value is -3.16. The van der Waals surface area contributed by atoms with Crippen molar-refractivity contribution in [1.29, 1.82) is 5.26 Å². The van der Waals surface area contributed by atoms with E-state index in [9.17, 15) is 23.2 Å². The summed E-state index contributed by atoms with van der Waals surface area (Å²) in [6.07, 6.45) is -6.22. The quantitative estimate of drug-likeness (QED) is 0.554. The van der Waals surface area contributed by atoms with E-state index in [4.69, 9.17) is 9.72 Å². The van der Waals surface area contributed by atoms with E-state index in [1.165, 1.54) is 4.57 Å². The van der Waals surface area contributed by atoms with Gasteiger partial charge in [0.2, 0.25) is 0 Å². The number of pyridine rings is 1. The molecule has 0 bridgehead atoms. The molecule has 0 radical (unpaired) electrons. The molecule has 0 aliphatic carbocycles. The standard InChI is InChI=1S/C25H28F3N5O2/c1-24(2,3)15-33-20-8-7-19(30-22(20)31(4)23(33)34)18-11-16(5-6-17(18)12-29)13-32-9-10-35-21(14-32)25(26,27)28/h5-8,11,21H,9-10,13-15H2,1-4H3. The minimum Gasteiger partial charge on any atom is -0.366 e. The third-order valence-corrected chi connectivity index (χ3v) is 6.02. The highest BCUT2D eigenvalue weighted by molar-refractivity contribution is 5.78. The van der Waals surface area contributed by atoms with Crippen molar-refractivity contribution in [3.8, 4) is 17.3 Å². The Labute approximate surface area is 201 Å². The van der Waals surface area contributed by atoms with E-state index in [2.05, 4.69) is 26.8 Å². The van der Waals surface area contributed by atoms with Crippen LogP contribution in [-0.2, 0) is 24.9 Å². The molecule has 0 amide bonds. The molecule has 1 atom stereocenters. The van der Waals surface area contributed by atoms with Crippen LogP contribution in [0.3, 0.4) is 0 Å². The number of fused-ring (bicyclic) bond motifs is 1. The molecular formula is C25H28F3N5O2. The Morgan fingerprint density at radius 3 is 2.60 bits per heavy atom. The Morgan fingerprint density at radius 2 is 1.94 bits per heavy atom. The van der Waals surface area contributed by atoms with E-state index in [0.29, 0.717) is 41.1 Å². The number of hydrogen-bond donors (Lipinski definition) is 0. The van der Waals surface area contributed by atoms with Gasteiger partial charge in [0.25, 0.3) is 0 Å². The van der Waals surface area contributed by atoms with Crippen molar-refractivity contribution in [3.63, 3.8) is 0 Å². The normalized spacial score (nSPS) is 17.6. The fraction of sp³-hybridized carbons (Fsp3) is 0.480. The van der Waals surface area contributed by atoms with Crippen molar-refractivity contribution in [3.05, 3.63) is 51.9 Å². The van der Waals surface area contributed by atoms with Crippen molar-refractivity contribution in [1.82, 2.24) is 19.0 Å². The molecule has 186 valence electrons. The zero-order chi connectivity index (χ0) is 25.5. The molecule has 0 spiro atoms. The summed E-state index contributed by atoms with van der Waals surface area (Å²) in [5.74, 6) is 0. The van der Waals surface area contributed by atoms with Crippen LogP contribution >= 0.6 is 0 Å². The average Bonchev–Trinajstić information content (AvgIpc) is 3.02. The van der Waals surface area contributed by atoms with Crippen molar-refractivity contribution < 1.29 is 17.9 Å². The molecule has 10 heteroatoms. The maximum Gasteiger partial charge on any atom is 0.415 e. The summed E-state index contributed by atoms with van der Waals surface area (Å²) < 4.78 is 47.4.